The van der Waals surface area contributed by atoms with Crippen molar-refractivity contribution in [2.45, 2.75) is 70.8 Å². The summed E-state index contributed by atoms with van der Waals surface area (Å²) in [5.74, 6) is -0.703. The minimum absolute atomic E-state index is 0. The first kappa shape index (κ1) is 44.7. The molecule has 3 aromatic rings. The molecule has 4 amide bonds. The normalized spacial score (nSPS) is 19.8. The van der Waals surface area contributed by atoms with Crippen molar-refractivity contribution in [2.75, 3.05) is 59.8 Å². The van der Waals surface area contributed by atoms with Crippen LogP contribution in [0.25, 0.3) is 0 Å². The number of amides is 4. The molecule has 1 unspecified atom stereocenters. The van der Waals surface area contributed by atoms with E-state index in [1.165, 1.54) is 6.07 Å². The molecule has 314 valence electrons. The van der Waals surface area contributed by atoms with Crippen molar-refractivity contribution >= 4 is 76.1 Å². The number of piperazine rings is 1. The van der Waals surface area contributed by atoms with Crippen LogP contribution in [0.3, 0.4) is 0 Å². The minimum atomic E-state index is -4.86. The van der Waals surface area contributed by atoms with Gasteiger partial charge in [0.25, 0.3) is 5.91 Å². The molecule has 3 fully saturated rings. The first-order valence-electron chi connectivity index (χ1n) is 18.9. The lowest BCUT2D eigenvalue weighted by molar-refractivity contribution is -0.138. The zero-order chi connectivity index (χ0) is 41.9. The van der Waals surface area contributed by atoms with Gasteiger partial charge in [0.1, 0.15) is 30.0 Å². The Labute approximate surface area is 351 Å². The molecule has 3 aliphatic rings. The number of nitrogens with one attached hydrogen (secondary N) is 3. The molecule has 3 aliphatic heterocycles. The Morgan fingerprint density at radius 1 is 1.10 bits per heavy atom. The van der Waals surface area contributed by atoms with Gasteiger partial charge in [0.15, 0.2) is 10.8 Å². The number of halogens is 4. The molecule has 14 nitrogen and oxygen atoms in total. The van der Waals surface area contributed by atoms with E-state index < -0.39 is 34.9 Å². The van der Waals surface area contributed by atoms with E-state index in [0.29, 0.717) is 55.3 Å². The van der Waals surface area contributed by atoms with E-state index in [1.54, 1.807) is 55.1 Å². The van der Waals surface area contributed by atoms with Crippen LogP contribution in [0.5, 0.6) is 5.75 Å². The SMILES string of the molecule is CCc1cc(N2C(=S)N(c3cnc(C#N)c(C(F)(F)F)c3)C(=O)C2(C)C)ccc1OCCN1CCN(CC(=O)Nc2cccc(NC3CCC(=O)NC3=O)c2)[C@H](C)C1.Cl. The molecule has 2 aromatic carbocycles. The third kappa shape index (κ3) is 9.93. The summed E-state index contributed by atoms with van der Waals surface area (Å²) in [5, 5.41) is 17.6. The highest BCUT2D eigenvalue weighted by atomic mass is 35.5. The molecule has 4 heterocycles. The van der Waals surface area contributed by atoms with E-state index in [4.69, 9.17) is 17.0 Å². The minimum Gasteiger partial charge on any atom is -0.492 e. The largest absolute Gasteiger partial charge is 0.492 e. The molecule has 0 bridgehead atoms. The number of carbonyl (C=O) groups is 4. The standard InChI is InChI=1S/C40H44F3N9O5S.ClH/c1-5-25-17-28(52-38(58)51(37(56)39(52,3)4)29-19-30(40(41,42)43)32(20-44)45-21-29)9-11-33(25)57-16-15-49-13-14-50(24(2)22-49)23-35(54)47-27-8-6-7-26(18-27)46-31-10-12-34(53)48-36(31)55;/h6-9,11,17-19,21,24,31,46H,5,10,12-16,22-23H2,1-4H3,(H,47,54)(H,48,53,55);1H/t24-,31?;/m1./s1. The first-order chi connectivity index (χ1) is 27.5. The van der Waals surface area contributed by atoms with Gasteiger partial charge in [-0.2, -0.15) is 18.4 Å². The smallest absolute Gasteiger partial charge is 0.419 e. The van der Waals surface area contributed by atoms with Crippen LogP contribution in [0, 0.1) is 11.3 Å². The fourth-order valence-corrected chi connectivity index (χ4v) is 7.88. The predicted octanol–water partition coefficient (Wildman–Crippen LogP) is 5.11. The van der Waals surface area contributed by atoms with Crippen molar-refractivity contribution in [3.05, 3.63) is 71.5 Å². The summed E-state index contributed by atoms with van der Waals surface area (Å²) < 4.78 is 47.4. The number of hydrogen-bond donors (Lipinski definition) is 3. The molecule has 3 N–H and O–H groups in total. The van der Waals surface area contributed by atoms with Gasteiger partial charge in [0.2, 0.25) is 17.7 Å². The van der Waals surface area contributed by atoms with Gasteiger partial charge in [0, 0.05) is 55.7 Å². The maximum absolute atomic E-state index is 13.7. The van der Waals surface area contributed by atoms with Crippen molar-refractivity contribution in [1.29, 1.82) is 5.26 Å². The third-order valence-corrected chi connectivity index (χ3v) is 10.8. The number of thiocarbonyl (C=S) groups is 1. The molecule has 19 heteroatoms. The lowest BCUT2D eigenvalue weighted by atomic mass is 10.0. The molecule has 3 saturated heterocycles. The highest BCUT2D eigenvalue weighted by molar-refractivity contribution is 7.81. The Balaban J connectivity index is 0.00000661. The van der Waals surface area contributed by atoms with Crippen LogP contribution in [0.4, 0.5) is 35.9 Å². The van der Waals surface area contributed by atoms with Crippen LogP contribution < -0.4 is 30.5 Å². The maximum Gasteiger partial charge on any atom is 0.419 e. The molecule has 6 rings (SSSR count). The number of nitriles is 1. The number of aryl methyl sites for hydroxylation is 1. The van der Waals surface area contributed by atoms with Crippen LogP contribution >= 0.6 is 24.6 Å². The van der Waals surface area contributed by atoms with E-state index in [9.17, 15) is 37.6 Å². The zero-order valence-corrected chi connectivity index (χ0v) is 34.5. The molecule has 59 heavy (non-hydrogen) atoms. The van der Waals surface area contributed by atoms with Gasteiger partial charge in [-0.1, -0.05) is 13.0 Å². The molecule has 0 saturated carbocycles. The van der Waals surface area contributed by atoms with Gasteiger partial charge in [-0.05, 0) is 93.9 Å². The Morgan fingerprint density at radius 3 is 2.53 bits per heavy atom. The summed E-state index contributed by atoms with van der Waals surface area (Å²) >= 11 is 5.68. The first-order valence-corrected chi connectivity index (χ1v) is 19.3. The Morgan fingerprint density at radius 2 is 1.85 bits per heavy atom. The van der Waals surface area contributed by atoms with Crippen molar-refractivity contribution in [3.63, 3.8) is 0 Å². The fraction of sp³-hybridized carbons (Fsp3) is 0.425. The lowest BCUT2D eigenvalue weighted by Gasteiger charge is -2.39. The van der Waals surface area contributed by atoms with Gasteiger partial charge in [-0.3, -0.25) is 39.2 Å². The Kier molecular flexibility index (Phi) is 13.9. The fourth-order valence-electron chi connectivity index (χ4n) is 7.36. The number of anilines is 4. The number of nitrogens with zero attached hydrogens (tertiary/aromatic N) is 6. The highest BCUT2D eigenvalue weighted by Crippen LogP contribution is 2.40. The van der Waals surface area contributed by atoms with E-state index in [-0.39, 0.29) is 59.9 Å². The monoisotopic (exact) mass is 855 g/mol. The van der Waals surface area contributed by atoms with Gasteiger partial charge >= 0.3 is 6.18 Å². The summed E-state index contributed by atoms with van der Waals surface area (Å²) in [6, 6.07) is 14.3. The summed E-state index contributed by atoms with van der Waals surface area (Å²) in [5.41, 5.74) is -0.816. The number of aromatic nitrogens is 1. The Hall–Kier alpha value is -5.35. The quantitative estimate of drug-likeness (QED) is 0.163. The number of carbonyl (C=O) groups excluding carboxylic acids is 4. The van der Waals surface area contributed by atoms with Crippen molar-refractivity contribution in [1.82, 2.24) is 20.1 Å². The number of alkyl halides is 3. The zero-order valence-electron chi connectivity index (χ0n) is 32.9. The van der Waals surface area contributed by atoms with E-state index >= 15 is 0 Å². The van der Waals surface area contributed by atoms with Gasteiger partial charge in [0.05, 0.1) is 24.0 Å². The molecule has 0 radical (unpaired) electrons. The van der Waals surface area contributed by atoms with Crippen LogP contribution in [-0.4, -0.2) is 100 Å². The molecule has 0 aliphatic carbocycles. The lowest BCUT2D eigenvalue weighted by Crippen LogP contribution is -2.54. The maximum atomic E-state index is 13.7. The number of benzene rings is 2. The molecule has 1 aromatic heterocycles. The predicted molar refractivity (Wildman–Crippen MR) is 222 cm³/mol. The number of ether oxygens (including phenoxy) is 1. The third-order valence-electron chi connectivity index (χ3n) is 10.5. The van der Waals surface area contributed by atoms with Crippen LogP contribution in [-0.2, 0) is 31.8 Å². The van der Waals surface area contributed by atoms with Gasteiger partial charge in [-0.15, -0.1) is 12.4 Å². The summed E-state index contributed by atoms with van der Waals surface area (Å²) in [7, 11) is 0. The molecular weight excluding hydrogens is 811 g/mol. The van der Waals surface area contributed by atoms with Gasteiger partial charge in [-0.25, -0.2) is 4.98 Å². The van der Waals surface area contributed by atoms with Crippen molar-refractivity contribution in [3.8, 4) is 11.8 Å². The van der Waals surface area contributed by atoms with Gasteiger partial charge < -0.3 is 20.3 Å². The van der Waals surface area contributed by atoms with Crippen molar-refractivity contribution < 1.29 is 37.1 Å². The summed E-state index contributed by atoms with van der Waals surface area (Å²) in [6.07, 6.45) is -2.57. The molecule has 2 atom stereocenters. The van der Waals surface area contributed by atoms with E-state index in [0.717, 1.165) is 35.8 Å². The second kappa shape index (κ2) is 18.3. The number of pyridine rings is 1. The number of imide groups is 1. The van der Waals surface area contributed by atoms with E-state index in [2.05, 4.69) is 37.7 Å². The van der Waals surface area contributed by atoms with Crippen LogP contribution in [0.2, 0.25) is 0 Å². The summed E-state index contributed by atoms with van der Waals surface area (Å²) in [4.78, 5) is 61.0. The second-order valence-electron chi connectivity index (χ2n) is 14.9. The molecule has 0 spiro atoms. The Bertz CT molecular complexity index is 2170. The van der Waals surface area contributed by atoms with Crippen LogP contribution in [0.1, 0.15) is 57.4 Å². The van der Waals surface area contributed by atoms with Crippen molar-refractivity contribution in [2.24, 2.45) is 0 Å². The second-order valence-corrected chi connectivity index (χ2v) is 15.3. The average Bonchev–Trinajstić information content (AvgIpc) is 3.35. The van der Waals surface area contributed by atoms with Crippen LogP contribution in [0.15, 0.2) is 54.7 Å². The number of rotatable bonds is 12. The number of piperidine rings is 1. The molecular formula is C40H45ClF3N9O5S. The topological polar surface area (TPSA) is 163 Å². The average molecular weight is 856 g/mol. The highest BCUT2D eigenvalue weighted by Gasteiger charge is 2.51. The van der Waals surface area contributed by atoms with E-state index in [1.807, 2.05) is 13.0 Å². The summed E-state index contributed by atoms with van der Waals surface area (Å²) in [6.45, 7) is 10.7. The number of hydrogen-bond acceptors (Lipinski definition) is 11.